The average molecular weight is 263 g/mol. The summed E-state index contributed by atoms with van der Waals surface area (Å²) in [6.45, 7) is 1.60. The van der Waals surface area contributed by atoms with Gasteiger partial charge in [0.05, 0.1) is 23.7 Å². The fourth-order valence-corrected chi connectivity index (χ4v) is 3.10. The van der Waals surface area contributed by atoms with Crippen LogP contribution in [0.4, 0.5) is 0 Å². The number of hydrogen-bond acceptors (Lipinski definition) is 4. The first-order valence-electron chi connectivity index (χ1n) is 4.45. The van der Waals surface area contributed by atoms with Gasteiger partial charge in [0.15, 0.2) is 5.03 Å². The summed E-state index contributed by atoms with van der Waals surface area (Å²) >= 11 is 5.72. The van der Waals surface area contributed by atoms with E-state index in [1.54, 1.807) is 6.92 Å². The zero-order valence-electron chi connectivity index (χ0n) is 8.81. The molecule has 1 rings (SSSR count). The van der Waals surface area contributed by atoms with Crippen LogP contribution in [0.15, 0.2) is 11.2 Å². The van der Waals surface area contributed by atoms with Crippen molar-refractivity contribution >= 4 is 21.6 Å². The molecule has 0 spiro atoms. The molecule has 1 N–H and O–H groups in total. The van der Waals surface area contributed by atoms with E-state index in [1.165, 1.54) is 17.9 Å². The van der Waals surface area contributed by atoms with Crippen molar-refractivity contribution < 1.29 is 8.42 Å². The smallest absolute Gasteiger partial charge is 0.255 e. The molecule has 0 bridgehead atoms. The predicted molar refractivity (Wildman–Crippen MR) is 58.2 cm³/mol. The Bertz CT molecular complexity index is 497. The van der Waals surface area contributed by atoms with Crippen LogP contribution < -0.4 is 4.72 Å². The fourth-order valence-electron chi connectivity index (χ4n) is 1.20. The van der Waals surface area contributed by atoms with Crippen LogP contribution in [0, 0.1) is 11.3 Å². The zero-order chi connectivity index (χ0) is 12.3. The van der Waals surface area contributed by atoms with E-state index >= 15 is 0 Å². The zero-order valence-corrected chi connectivity index (χ0v) is 10.4. The third kappa shape index (κ3) is 2.72. The summed E-state index contributed by atoms with van der Waals surface area (Å²) in [5, 5.41) is 12.1. The van der Waals surface area contributed by atoms with Crippen LogP contribution in [-0.2, 0) is 17.1 Å². The van der Waals surface area contributed by atoms with Crippen LogP contribution in [0.5, 0.6) is 0 Å². The average Bonchev–Trinajstić information content (AvgIpc) is 2.45. The molecule has 0 saturated carbocycles. The fraction of sp³-hybridized carbons (Fsp3) is 0.500. The second-order valence-electron chi connectivity index (χ2n) is 3.31. The highest BCUT2D eigenvalue weighted by Gasteiger charge is 2.24. The Morgan fingerprint density at radius 3 is 2.81 bits per heavy atom. The molecule has 1 heterocycles. The Morgan fingerprint density at radius 2 is 2.38 bits per heavy atom. The molecule has 1 atom stereocenters. The Morgan fingerprint density at radius 1 is 1.75 bits per heavy atom. The maximum absolute atomic E-state index is 11.9. The molecule has 0 fully saturated rings. The third-order valence-corrected chi connectivity index (χ3v) is 3.95. The van der Waals surface area contributed by atoms with Gasteiger partial charge in [-0.05, 0) is 6.92 Å². The minimum absolute atomic E-state index is 0.0548. The maximum Gasteiger partial charge on any atom is 0.259 e. The van der Waals surface area contributed by atoms with Crippen molar-refractivity contribution in [3.63, 3.8) is 0 Å². The van der Waals surface area contributed by atoms with E-state index in [0.717, 1.165) is 0 Å². The number of sulfonamides is 1. The highest BCUT2D eigenvalue weighted by molar-refractivity contribution is 7.89. The molecule has 8 heteroatoms. The van der Waals surface area contributed by atoms with E-state index in [0.29, 0.717) is 0 Å². The maximum atomic E-state index is 11.9. The van der Waals surface area contributed by atoms with Crippen LogP contribution in [0.3, 0.4) is 0 Å². The van der Waals surface area contributed by atoms with Crippen molar-refractivity contribution in [3.8, 4) is 6.07 Å². The molecule has 0 radical (unpaired) electrons. The van der Waals surface area contributed by atoms with Crippen molar-refractivity contribution in [1.29, 1.82) is 5.26 Å². The highest BCUT2D eigenvalue weighted by atomic mass is 35.5. The molecule has 16 heavy (non-hydrogen) atoms. The summed E-state index contributed by atoms with van der Waals surface area (Å²) < 4.78 is 27.2. The number of aryl methyl sites for hydroxylation is 1. The summed E-state index contributed by atoms with van der Waals surface area (Å²) in [5.41, 5.74) is 0. The molecule has 0 aliphatic carbocycles. The van der Waals surface area contributed by atoms with E-state index in [2.05, 4.69) is 9.82 Å². The lowest BCUT2D eigenvalue weighted by Gasteiger charge is -2.11. The third-order valence-electron chi connectivity index (χ3n) is 1.85. The van der Waals surface area contributed by atoms with Gasteiger partial charge in [-0.25, -0.2) is 13.1 Å². The Kier molecular flexibility index (Phi) is 3.91. The normalized spacial score (nSPS) is 13.4. The van der Waals surface area contributed by atoms with Gasteiger partial charge in [0.25, 0.3) is 10.0 Å². The number of nitrogens with one attached hydrogen (secondary N) is 1. The molecule has 6 nitrogen and oxygen atoms in total. The van der Waals surface area contributed by atoms with Gasteiger partial charge >= 0.3 is 0 Å². The summed E-state index contributed by atoms with van der Waals surface area (Å²) in [4.78, 5) is 0. The molecule has 0 aliphatic heterocycles. The van der Waals surface area contributed by atoms with Gasteiger partial charge in [-0.15, -0.1) is 0 Å². The first kappa shape index (κ1) is 13.0. The molecule has 0 aliphatic rings. The lowest BCUT2D eigenvalue weighted by Crippen LogP contribution is -2.33. The number of nitriles is 1. The second kappa shape index (κ2) is 4.82. The highest BCUT2D eigenvalue weighted by Crippen LogP contribution is 2.19. The second-order valence-corrected chi connectivity index (χ2v) is 5.34. The van der Waals surface area contributed by atoms with Crippen molar-refractivity contribution in [2.45, 2.75) is 24.4 Å². The van der Waals surface area contributed by atoms with Gasteiger partial charge in [0, 0.05) is 13.1 Å². The Hall–Kier alpha value is -1.10. The molecule has 0 aromatic carbocycles. The minimum Gasteiger partial charge on any atom is -0.255 e. The first-order valence-corrected chi connectivity index (χ1v) is 6.31. The minimum atomic E-state index is -3.73. The summed E-state index contributed by atoms with van der Waals surface area (Å²) in [7, 11) is -2.25. The van der Waals surface area contributed by atoms with E-state index in [-0.39, 0.29) is 16.5 Å². The van der Waals surface area contributed by atoms with Crippen molar-refractivity contribution in [2.24, 2.45) is 7.05 Å². The number of nitrogens with zero attached hydrogens (tertiary/aromatic N) is 3. The van der Waals surface area contributed by atoms with Gasteiger partial charge in [-0.1, -0.05) is 11.6 Å². The lowest BCUT2D eigenvalue weighted by atomic mass is 10.3. The largest absolute Gasteiger partial charge is 0.259 e. The lowest BCUT2D eigenvalue weighted by molar-refractivity contribution is 0.547. The molecule has 0 saturated heterocycles. The van der Waals surface area contributed by atoms with Gasteiger partial charge < -0.3 is 0 Å². The first-order chi connectivity index (χ1) is 7.38. The molecule has 0 amide bonds. The van der Waals surface area contributed by atoms with Crippen LogP contribution in [-0.4, -0.2) is 24.2 Å². The Balaban J connectivity index is 3.00. The van der Waals surface area contributed by atoms with Gasteiger partial charge in [0.2, 0.25) is 0 Å². The van der Waals surface area contributed by atoms with Gasteiger partial charge in [-0.2, -0.15) is 10.4 Å². The molecular formula is C8H11ClN4O2S. The number of aromatic nitrogens is 2. The summed E-state index contributed by atoms with van der Waals surface area (Å²) in [6.07, 6.45) is 1.35. The monoisotopic (exact) mass is 262 g/mol. The van der Waals surface area contributed by atoms with E-state index in [9.17, 15) is 8.42 Å². The topological polar surface area (TPSA) is 87.8 Å². The predicted octanol–water partition coefficient (Wildman–Crippen LogP) is 0.654. The van der Waals surface area contributed by atoms with Crippen molar-refractivity contribution in [1.82, 2.24) is 14.5 Å². The summed E-state index contributed by atoms with van der Waals surface area (Å²) in [5.74, 6) is 0. The van der Waals surface area contributed by atoms with Gasteiger partial charge in [0.1, 0.15) is 0 Å². The number of halogens is 1. The van der Waals surface area contributed by atoms with Crippen LogP contribution in [0.25, 0.3) is 0 Å². The van der Waals surface area contributed by atoms with E-state index in [1.807, 2.05) is 6.07 Å². The molecule has 1 aromatic heterocycles. The van der Waals surface area contributed by atoms with Crippen LogP contribution >= 0.6 is 11.6 Å². The number of hydrogen-bond donors (Lipinski definition) is 1. The molecule has 1 aromatic rings. The Labute approximate surface area is 98.9 Å². The number of rotatable bonds is 4. The standard InChI is InChI=1S/C8H11ClN4O2S/c1-6(3-4-10)12-16(14,15)8-7(9)5-11-13(8)2/h5-6,12H,3H2,1-2H3. The van der Waals surface area contributed by atoms with Gasteiger partial charge in [-0.3, -0.25) is 4.68 Å². The molecule has 88 valence electrons. The molecular weight excluding hydrogens is 252 g/mol. The van der Waals surface area contributed by atoms with E-state index in [4.69, 9.17) is 16.9 Å². The summed E-state index contributed by atoms with van der Waals surface area (Å²) in [6, 6.07) is 1.41. The van der Waals surface area contributed by atoms with E-state index < -0.39 is 16.1 Å². The van der Waals surface area contributed by atoms with Crippen LogP contribution in [0.1, 0.15) is 13.3 Å². The van der Waals surface area contributed by atoms with Crippen LogP contribution in [0.2, 0.25) is 5.02 Å². The van der Waals surface area contributed by atoms with Crippen molar-refractivity contribution in [2.75, 3.05) is 0 Å². The van der Waals surface area contributed by atoms with Crippen molar-refractivity contribution in [3.05, 3.63) is 11.2 Å². The quantitative estimate of drug-likeness (QED) is 0.863. The SMILES string of the molecule is CC(CC#N)NS(=O)(=O)c1c(Cl)cnn1C. The molecule has 1 unspecified atom stereocenters.